The molecule has 0 bridgehead atoms. The summed E-state index contributed by atoms with van der Waals surface area (Å²) in [4.78, 5) is 11.0. The molecule has 0 aliphatic heterocycles. The van der Waals surface area contributed by atoms with Crippen LogP contribution in [0.2, 0.25) is 0 Å². The molecule has 6 heteroatoms. The van der Waals surface area contributed by atoms with E-state index in [9.17, 15) is 0 Å². The Hall–Kier alpha value is -2.34. The van der Waals surface area contributed by atoms with Gasteiger partial charge in [0.2, 0.25) is 5.89 Å². The zero-order valence-corrected chi connectivity index (χ0v) is 16.8. The Labute approximate surface area is 156 Å². The number of oxazole rings is 1. The van der Waals surface area contributed by atoms with E-state index in [0.29, 0.717) is 12.4 Å². The second-order valence-electron chi connectivity index (χ2n) is 7.69. The molecule has 0 aliphatic carbocycles. The van der Waals surface area contributed by atoms with Gasteiger partial charge in [-0.25, -0.2) is 4.98 Å². The second kappa shape index (κ2) is 8.85. The molecule has 0 aliphatic rings. The minimum atomic E-state index is 0.146. The third-order valence-electron chi connectivity index (χ3n) is 3.99. The van der Waals surface area contributed by atoms with E-state index in [0.717, 1.165) is 30.3 Å². The molecule has 1 heterocycles. The van der Waals surface area contributed by atoms with Gasteiger partial charge >= 0.3 is 0 Å². The highest BCUT2D eigenvalue weighted by Crippen LogP contribution is 2.19. The third kappa shape index (κ3) is 6.19. The van der Waals surface area contributed by atoms with Crippen molar-refractivity contribution in [3.63, 3.8) is 0 Å². The molecule has 142 valence electrons. The largest absolute Gasteiger partial charge is 0.444 e. The second-order valence-corrected chi connectivity index (χ2v) is 7.69. The number of hydrogen-bond donors (Lipinski definition) is 2. The first kappa shape index (κ1) is 20.0. The van der Waals surface area contributed by atoms with Crippen molar-refractivity contribution in [3.05, 3.63) is 41.8 Å². The summed E-state index contributed by atoms with van der Waals surface area (Å²) in [5.74, 6) is 1.40. The highest BCUT2D eigenvalue weighted by molar-refractivity contribution is 5.79. The van der Waals surface area contributed by atoms with E-state index in [1.807, 2.05) is 12.1 Å². The molecule has 26 heavy (non-hydrogen) atoms. The summed E-state index contributed by atoms with van der Waals surface area (Å²) in [7, 11) is 5.95. The summed E-state index contributed by atoms with van der Waals surface area (Å²) in [5, 5.41) is 6.67. The maximum absolute atomic E-state index is 5.60. The van der Waals surface area contributed by atoms with Gasteiger partial charge in [-0.05, 0) is 38.6 Å². The van der Waals surface area contributed by atoms with Crippen molar-refractivity contribution in [3.8, 4) is 11.5 Å². The van der Waals surface area contributed by atoms with E-state index in [2.05, 4.69) is 72.5 Å². The third-order valence-corrected chi connectivity index (χ3v) is 3.99. The van der Waals surface area contributed by atoms with E-state index < -0.39 is 0 Å². The topological polar surface area (TPSA) is 65.7 Å². The smallest absolute Gasteiger partial charge is 0.226 e. The van der Waals surface area contributed by atoms with Crippen LogP contribution in [-0.4, -0.2) is 50.1 Å². The summed E-state index contributed by atoms with van der Waals surface area (Å²) < 4.78 is 5.60. The molecule has 0 amide bonds. The quantitative estimate of drug-likeness (QED) is 0.589. The van der Waals surface area contributed by atoms with Gasteiger partial charge in [-0.1, -0.05) is 31.5 Å². The van der Waals surface area contributed by atoms with Crippen LogP contribution in [0.15, 0.2) is 39.9 Å². The minimum absolute atomic E-state index is 0.146. The van der Waals surface area contributed by atoms with Crippen molar-refractivity contribution in [2.45, 2.75) is 27.3 Å². The van der Waals surface area contributed by atoms with Crippen LogP contribution in [0.4, 0.5) is 0 Å². The van der Waals surface area contributed by atoms with Crippen molar-refractivity contribution in [1.82, 2.24) is 20.5 Å². The van der Waals surface area contributed by atoms with Gasteiger partial charge in [-0.3, -0.25) is 4.99 Å². The first-order valence-corrected chi connectivity index (χ1v) is 8.90. The Morgan fingerprint density at radius 3 is 2.50 bits per heavy atom. The van der Waals surface area contributed by atoms with Crippen molar-refractivity contribution in [2.75, 3.05) is 34.2 Å². The lowest BCUT2D eigenvalue weighted by Gasteiger charge is -2.29. The minimum Gasteiger partial charge on any atom is -0.444 e. The molecule has 0 spiro atoms. The van der Waals surface area contributed by atoms with E-state index in [1.165, 1.54) is 5.56 Å². The maximum Gasteiger partial charge on any atom is 0.226 e. The molecule has 2 N–H and O–H groups in total. The molecule has 2 aromatic rings. The van der Waals surface area contributed by atoms with Crippen molar-refractivity contribution in [2.24, 2.45) is 10.4 Å². The number of aliphatic imine (C=N–C) groups is 1. The molecule has 1 aromatic carbocycles. The number of benzene rings is 1. The normalized spacial score (nSPS) is 12.5. The van der Waals surface area contributed by atoms with Crippen molar-refractivity contribution >= 4 is 5.96 Å². The molecule has 0 atom stereocenters. The number of aryl methyl sites for hydroxylation is 1. The van der Waals surface area contributed by atoms with Gasteiger partial charge < -0.3 is 20.0 Å². The molecular weight excluding hydrogens is 326 g/mol. The number of aromatic nitrogens is 1. The summed E-state index contributed by atoms with van der Waals surface area (Å²) >= 11 is 0. The van der Waals surface area contributed by atoms with Crippen LogP contribution in [0.1, 0.15) is 25.1 Å². The molecule has 1 aromatic heterocycles. The molecule has 0 saturated heterocycles. The van der Waals surface area contributed by atoms with E-state index in [-0.39, 0.29) is 5.41 Å². The Morgan fingerprint density at radius 1 is 1.19 bits per heavy atom. The van der Waals surface area contributed by atoms with Gasteiger partial charge in [-0.2, -0.15) is 0 Å². The van der Waals surface area contributed by atoms with Crippen LogP contribution in [0.25, 0.3) is 11.5 Å². The maximum atomic E-state index is 5.60. The molecule has 0 unspecified atom stereocenters. The van der Waals surface area contributed by atoms with Crippen LogP contribution >= 0.6 is 0 Å². The Bertz CT molecular complexity index is 716. The summed E-state index contributed by atoms with van der Waals surface area (Å²) in [6, 6.07) is 8.15. The van der Waals surface area contributed by atoms with Gasteiger partial charge in [0.15, 0.2) is 5.96 Å². The van der Waals surface area contributed by atoms with E-state index >= 15 is 0 Å². The SMILES string of the molecule is CN=C(NCc1coc(-c2ccc(C)cc2)n1)NCC(C)(C)CN(C)C. The fraction of sp³-hybridized carbons (Fsp3) is 0.500. The fourth-order valence-electron chi connectivity index (χ4n) is 2.85. The lowest BCUT2D eigenvalue weighted by Crippen LogP contribution is -2.44. The van der Waals surface area contributed by atoms with Gasteiger partial charge in [0.25, 0.3) is 0 Å². The average molecular weight is 358 g/mol. The van der Waals surface area contributed by atoms with Crippen LogP contribution < -0.4 is 10.6 Å². The Balaban J connectivity index is 1.88. The Kier molecular flexibility index (Phi) is 6.80. The van der Waals surface area contributed by atoms with Crippen LogP contribution in [0.5, 0.6) is 0 Å². The summed E-state index contributed by atoms with van der Waals surface area (Å²) in [6.07, 6.45) is 1.69. The highest BCUT2D eigenvalue weighted by Gasteiger charge is 2.19. The van der Waals surface area contributed by atoms with E-state index in [4.69, 9.17) is 4.42 Å². The zero-order valence-electron chi connectivity index (χ0n) is 16.8. The highest BCUT2D eigenvalue weighted by atomic mass is 16.3. The summed E-state index contributed by atoms with van der Waals surface area (Å²) in [6.45, 7) is 8.92. The van der Waals surface area contributed by atoms with Gasteiger partial charge in [0, 0.05) is 25.7 Å². The van der Waals surface area contributed by atoms with Gasteiger partial charge in [0.1, 0.15) is 6.26 Å². The molecule has 0 saturated carbocycles. The predicted octanol–water partition coefficient (Wildman–Crippen LogP) is 2.90. The summed E-state index contributed by atoms with van der Waals surface area (Å²) in [5.41, 5.74) is 3.19. The molecule has 0 radical (unpaired) electrons. The lowest BCUT2D eigenvalue weighted by molar-refractivity contribution is 0.241. The fourth-order valence-corrected chi connectivity index (χ4v) is 2.85. The first-order valence-electron chi connectivity index (χ1n) is 8.90. The Morgan fingerprint density at radius 2 is 1.88 bits per heavy atom. The van der Waals surface area contributed by atoms with Crippen LogP contribution in [0, 0.1) is 12.3 Å². The predicted molar refractivity (Wildman–Crippen MR) is 107 cm³/mol. The van der Waals surface area contributed by atoms with Crippen LogP contribution in [0.3, 0.4) is 0 Å². The molecule has 0 fully saturated rings. The standard InChI is InChI=1S/C20H31N5O/c1-15-7-9-16(10-8-15)18-24-17(12-26-18)11-22-19(21-4)23-13-20(2,3)14-25(5)6/h7-10,12H,11,13-14H2,1-6H3,(H2,21,22,23). The average Bonchev–Trinajstić information content (AvgIpc) is 3.03. The van der Waals surface area contributed by atoms with Gasteiger partial charge in [0.05, 0.1) is 12.2 Å². The lowest BCUT2D eigenvalue weighted by atomic mass is 9.93. The number of hydrogen-bond acceptors (Lipinski definition) is 4. The number of guanidine groups is 1. The number of rotatable bonds is 7. The van der Waals surface area contributed by atoms with Gasteiger partial charge in [-0.15, -0.1) is 0 Å². The van der Waals surface area contributed by atoms with E-state index in [1.54, 1.807) is 13.3 Å². The number of nitrogens with zero attached hydrogens (tertiary/aromatic N) is 3. The molecule has 2 rings (SSSR count). The van der Waals surface area contributed by atoms with Crippen LogP contribution in [-0.2, 0) is 6.54 Å². The molecule has 6 nitrogen and oxygen atoms in total. The van der Waals surface area contributed by atoms with Crippen molar-refractivity contribution < 1.29 is 4.42 Å². The monoisotopic (exact) mass is 357 g/mol. The first-order chi connectivity index (χ1) is 12.3. The number of nitrogens with one attached hydrogen (secondary N) is 2. The van der Waals surface area contributed by atoms with Crippen molar-refractivity contribution in [1.29, 1.82) is 0 Å². The zero-order chi connectivity index (χ0) is 19.2. The molecular formula is C20H31N5O.